The monoisotopic (exact) mass is 805 g/mol. The summed E-state index contributed by atoms with van der Waals surface area (Å²) < 4.78 is 5.18. The van der Waals surface area contributed by atoms with Crippen molar-refractivity contribution in [3.63, 3.8) is 0 Å². The van der Waals surface area contributed by atoms with Gasteiger partial charge in [0.2, 0.25) is 35.4 Å². The largest absolute Gasteiger partial charge is 0.508 e. The highest BCUT2D eigenvalue weighted by Crippen LogP contribution is 2.27. The third-order valence-corrected chi connectivity index (χ3v) is 10.8. The summed E-state index contributed by atoms with van der Waals surface area (Å²) in [6, 6.07) is 5.10. The average Bonchev–Trinajstić information content (AvgIpc) is 3.82. The van der Waals surface area contributed by atoms with Gasteiger partial charge in [0.15, 0.2) is 0 Å². The Morgan fingerprint density at radius 3 is 2.24 bits per heavy atom. The van der Waals surface area contributed by atoms with Crippen molar-refractivity contribution in [2.75, 3.05) is 13.7 Å². The van der Waals surface area contributed by atoms with E-state index < -0.39 is 95.7 Å². The predicted molar refractivity (Wildman–Crippen MR) is 210 cm³/mol. The molecule has 1 unspecified atom stereocenters. The Kier molecular flexibility index (Phi) is 14.3. The topological polar surface area (TPSA) is 245 Å². The molecule has 1 saturated carbocycles. The quantitative estimate of drug-likeness (QED) is 0.178. The Morgan fingerprint density at radius 2 is 1.57 bits per heavy atom. The molecule has 3 aliphatic rings. The molecule has 17 heteroatoms. The number of hydrogen-bond donors (Lipinski definition) is 8. The van der Waals surface area contributed by atoms with Gasteiger partial charge < -0.3 is 51.8 Å². The van der Waals surface area contributed by atoms with Crippen LogP contribution in [0.3, 0.4) is 0 Å². The van der Waals surface area contributed by atoms with E-state index in [-0.39, 0.29) is 48.8 Å². The van der Waals surface area contributed by atoms with Gasteiger partial charge in [-0.25, -0.2) is 0 Å². The molecule has 2 aromatic carbocycles. The molecule has 17 nitrogen and oxygen atoms in total. The van der Waals surface area contributed by atoms with Gasteiger partial charge in [0.1, 0.15) is 41.7 Å². The second kappa shape index (κ2) is 19.2. The van der Waals surface area contributed by atoms with Crippen molar-refractivity contribution in [1.29, 1.82) is 0 Å². The molecule has 2 heterocycles. The van der Waals surface area contributed by atoms with Crippen LogP contribution in [0.15, 0.2) is 48.5 Å². The van der Waals surface area contributed by atoms with Crippen LogP contribution in [0.4, 0.5) is 0 Å². The van der Waals surface area contributed by atoms with E-state index in [9.17, 15) is 43.8 Å². The zero-order chi connectivity index (χ0) is 42.3. The highest BCUT2D eigenvalue weighted by molar-refractivity contribution is 5.98. The molecule has 3 fully saturated rings. The third-order valence-electron chi connectivity index (χ3n) is 10.8. The standard InChI is InChI=1S/C41H55N7O10/c1-21(2)14-31-38(54)47-34(23(4)49)40(56)46-32(15-24-10-7-6-8-11-24)41(57)48-20-26(43-36(52)25-16-27(50)19-28(17-25)58-5)18-33(48)39(55)42-22(3)35(51)44-30-13-9-12-29(30)37(53)45-31/h6-8,10-11,16-17,19,21-23,26,29-34,49-50H,9,12-15,18,20H2,1-5H3,(H,42,55)(H,43,52)(H,44,51)(H,45,53)(H,46,56)(H,47,54)/t22-,23+,26+,29+,30+,31-,32-,33?,34-/m0/s1. The Bertz CT molecular complexity index is 1860. The summed E-state index contributed by atoms with van der Waals surface area (Å²) in [5.74, 6) is -5.32. The molecular weight excluding hydrogens is 750 g/mol. The van der Waals surface area contributed by atoms with E-state index >= 15 is 0 Å². The Morgan fingerprint density at radius 1 is 0.862 bits per heavy atom. The molecule has 8 N–H and O–H groups in total. The minimum atomic E-state index is -1.55. The van der Waals surface area contributed by atoms with E-state index in [2.05, 4.69) is 31.9 Å². The number of fused-ring (bicyclic) bond motifs is 2. The number of hydrogen-bond acceptors (Lipinski definition) is 10. The van der Waals surface area contributed by atoms with Crippen molar-refractivity contribution >= 4 is 41.4 Å². The third kappa shape index (κ3) is 10.8. The Balaban J connectivity index is 1.52. The highest BCUT2D eigenvalue weighted by Gasteiger charge is 2.45. The molecular formula is C41H55N7O10. The van der Waals surface area contributed by atoms with Crippen molar-refractivity contribution in [2.45, 2.75) is 115 Å². The van der Waals surface area contributed by atoms with Crippen LogP contribution in [-0.2, 0) is 35.2 Å². The minimum Gasteiger partial charge on any atom is -0.508 e. The minimum absolute atomic E-state index is 0.0511. The van der Waals surface area contributed by atoms with Gasteiger partial charge in [0.25, 0.3) is 5.91 Å². The zero-order valence-corrected chi connectivity index (χ0v) is 33.4. The molecule has 7 amide bonds. The number of carbonyl (C=O) groups excluding carboxylic acids is 7. The summed E-state index contributed by atoms with van der Waals surface area (Å²) in [6.07, 6.45) is 0.199. The van der Waals surface area contributed by atoms with Gasteiger partial charge in [-0.15, -0.1) is 0 Å². The number of aliphatic hydroxyl groups excluding tert-OH is 1. The second-order valence-electron chi connectivity index (χ2n) is 15.9. The molecule has 1 aliphatic carbocycles. The maximum atomic E-state index is 14.7. The van der Waals surface area contributed by atoms with E-state index in [1.165, 1.54) is 44.1 Å². The molecule has 2 aliphatic heterocycles. The van der Waals surface area contributed by atoms with E-state index in [1.54, 1.807) is 30.3 Å². The van der Waals surface area contributed by atoms with Crippen molar-refractivity contribution < 1.29 is 48.5 Å². The number of methoxy groups -OCH3 is 1. The lowest BCUT2D eigenvalue weighted by Gasteiger charge is -2.31. The maximum Gasteiger partial charge on any atom is 0.251 e. The van der Waals surface area contributed by atoms with Gasteiger partial charge in [-0.1, -0.05) is 50.6 Å². The molecule has 2 aromatic rings. The van der Waals surface area contributed by atoms with Gasteiger partial charge in [0, 0.05) is 36.7 Å². The molecule has 5 rings (SSSR count). The van der Waals surface area contributed by atoms with Crippen molar-refractivity contribution in [2.24, 2.45) is 11.8 Å². The van der Waals surface area contributed by atoms with Crippen LogP contribution in [0, 0.1) is 11.8 Å². The first-order valence-corrected chi connectivity index (χ1v) is 19.8. The van der Waals surface area contributed by atoms with Gasteiger partial charge in [-0.05, 0) is 63.1 Å². The fourth-order valence-electron chi connectivity index (χ4n) is 7.82. The number of amides is 7. The molecule has 2 saturated heterocycles. The van der Waals surface area contributed by atoms with Gasteiger partial charge in [-0.3, -0.25) is 33.6 Å². The molecule has 0 radical (unpaired) electrons. The fourth-order valence-corrected chi connectivity index (χ4v) is 7.82. The number of nitrogens with one attached hydrogen (secondary N) is 6. The van der Waals surface area contributed by atoms with E-state index in [4.69, 9.17) is 4.74 Å². The SMILES string of the molecule is COc1cc(O)cc(C(=O)N[C@@H]2CC3C(=O)N[C@@H](C)C(=O)N[C@@H]4CCC[C@H]4C(=O)N[C@@H](CC(C)C)C(=O)N[C@@H]([C@@H](C)O)C(=O)N[C@@H](Cc4ccccc4)C(=O)N3C2)c1. The first-order valence-electron chi connectivity index (χ1n) is 19.8. The maximum absolute atomic E-state index is 14.7. The van der Waals surface area contributed by atoms with Crippen molar-refractivity contribution in [3.05, 3.63) is 59.7 Å². The first kappa shape index (κ1) is 43.4. The van der Waals surface area contributed by atoms with Crippen LogP contribution in [0.2, 0.25) is 0 Å². The van der Waals surface area contributed by atoms with Crippen molar-refractivity contribution in [3.8, 4) is 11.5 Å². The van der Waals surface area contributed by atoms with Gasteiger partial charge in [0.05, 0.1) is 19.1 Å². The molecule has 58 heavy (non-hydrogen) atoms. The lowest BCUT2D eigenvalue weighted by atomic mass is 9.98. The number of carbonyl (C=O) groups is 7. The van der Waals surface area contributed by atoms with E-state index in [0.29, 0.717) is 24.8 Å². The summed E-state index contributed by atoms with van der Waals surface area (Å²) in [5.41, 5.74) is 0.714. The average molecular weight is 806 g/mol. The second-order valence-corrected chi connectivity index (χ2v) is 15.9. The summed E-state index contributed by atoms with van der Waals surface area (Å²) in [4.78, 5) is 98.6. The van der Waals surface area contributed by atoms with Gasteiger partial charge in [-0.2, -0.15) is 0 Å². The summed E-state index contributed by atoms with van der Waals surface area (Å²) in [6.45, 7) is 6.35. The number of aliphatic hydroxyl groups is 1. The number of ether oxygens (including phenoxy) is 1. The van der Waals surface area contributed by atoms with Gasteiger partial charge >= 0.3 is 0 Å². The molecule has 0 bridgehead atoms. The Labute approximate surface area is 337 Å². The normalized spacial score (nSPS) is 28.0. The van der Waals surface area contributed by atoms with Crippen LogP contribution >= 0.6 is 0 Å². The first-order chi connectivity index (χ1) is 27.5. The van der Waals surface area contributed by atoms with Crippen LogP contribution in [0.25, 0.3) is 0 Å². The molecule has 0 spiro atoms. The summed E-state index contributed by atoms with van der Waals surface area (Å²) in [5, 5.41) is 37.5. The highest BCUT2D eigenvalue weighted by atomic mass is 16.5. The van der Waals surface area contributed by atoms with E-state index in [1.807, 2.05) is 13.8 Å². The van der Waals surface area contributed by atoms with Crippen LogP contribution in [0.1, 0.15) is 75.7 Å². The van der Waals surface area contributed by atoms with Crippen molar-refractivity contribution in [1.82, 2.24) is 36.8 Å². The van der Waals surface area contributed by atoms with Crippen LogP contribution < -0.4 is 36.6 Å². The van der Waals surface area contributed by atoms with E-state index in [0.717, 1.165) is 0 Å². The molecule has 314 valence electrons. The lowest BCUT2D eigenvalue weighted by Crippen LogP contribution is -2.61. The number of phenolic OH excluding ortho intramolecular Hbond substituents is 1. The van der Waals surface area contributed by atoms with Crippen LogP contribution in [-0.4, -0.2) is 119 Å². The summed E-state index contributed by atoms with van der Waals surface area (Å²) in [7, 11) is 1.38. The predicted octanol–water partition coefficient (Wildman–Crippen LogP) is 0.0273. The zero-order valence-electron chi connectivity index (χ0n) is 33.4. The number of aromatic hydroxyl groups is 1. The van der Waals surface area contributed by atoms with Crippen LogP contribution in [0.5, 0.6) is 11.5 Å². The number of phenols is 1. The number of rotatable bonds is 8. The summed E-state index contributed by atoms with van der Waals surface area (Å²) >= 11 is 0. The lowest BCUT2D eigenvalue weighted by molar-refractivity contribution is -0.143. The molecule has 9 atom stereocenters. The number of nitrogens with zero attached hydrogens (tertiary/aromatic N) is 1. The molecule has 0 aromatic heterocycles. The number of benzene rings is 2. The Hall–Kier alpha value is -5.71. The fraction of sp³-hybridized carbons (Fsp3) is 0.537. The smallest absolute Gasteiger partial charge is 0.251 e.